The van der Waals surface area contributed by atoms with E-state index in [9.17, 15) is 9.59 Å². The zero-order valence-corrected chi connectivity index (χ0v) is 64.2. The molecule has 20 nitrogen and oxygen atoms in total. The summed E-state index contributed by atoms with van der Waals surface area (Å²) in [5.41, 5.74) is 11.2. The van der Waals surface area contributed by atoms with Crippen molar-refractivity contribution in [2.24, 2.45) is 11.3 Å². The lowest BCUT2D eigenvalue weighted by Gasteiger charge is -2.37. The van der Waals surface area contributed by atoms with E-state index >= 15 is 0 Å². The number of fused-ring (bicyclic) bond motifs is 3. The van der Waals surface area contributed by atoms with Gasteiger partial charge in [-0.05, 0) is 188 Å². The molecule has 0 radical (unpaired) electrons. The molecule has 20 heteroatoms. The van der Waals surface area contributed by atoms with Crippen LogP contribution in [-0.2, 0) is 16.1 Å². The second kappa shape index (κ2) is 36.4. The van der Waals surface area contributed by atoms with Gasteiger partial charge in [-0.25, -0.2) is 9.36 Å². The fourth-order valence-corrected chi connectivity index (χ4v) is 16.4. The van der Waals surface area contributed by atoms with E-state index in [0.717, 1.165) is 194 Å². The van der Waals surface area contributed by atoms with Crippen molar-refractivity contribution in [1.82, 2.24) is 59.4 Å². The Morgan fingerprint density at radius 2 is 1.08 bits per heavy atom. The number of likely N-dealkylation sites (tertiary alicyclic amines) is 1. The summed E-state index contributed by atoms with van der Waals surface area (Å²) in [6.07, 6.45) is 22.9. The molecule has 1 atom stereocenters. The Labute approximate surface area is 633 Å². The molecule has 10 aromatic rings. The Hall–Kier alpha value is -9.47. The third-order valence-corrected chi connectivity index (χ3v) is 22.7. The number of para-hydroxylation sites is 2. The zero-order chi connectivity index (χ0) is 74.1. The minimum Gasteiger partial charge on any atom is -0.494 e. The summed E-state index contributed by atoms with van der Waals surface area (Å²) in [5.74, 6) is 3.73. The van der Waals surface area contributed by atoms with Crippen molar-refractivity contribution in [2.45, 2.75) is 124 Å². The molecule has 5 fully saturated rings. The Kier molecular flexibility index (Phi) is 25.8. The molecule has 107 heavy (non-hydrogen) atoms. The number of nitrogens with zero attached hydrogens (tertiary/aromatic N) is 14. The van der Waals surface area contributed by atoms with Crippen LogP contribution in [0.15, 0.2) is 171 Å². The highest BCUT2D eigenvalue weighted by atomic mass is 16.5. The fraction of sp³-hybridized carbons (Fsp3) is 0.460. The molecule has 0 bridgehead atoms. The standard InChI is InChI=1S/C32H39N5O2.C29H34N6O2.C26H38N4O/c1-24-22-26-10-8-15-33-29(26)30(31(24)39-21-14-32(3,4)25(2)38)36-17-9-16-35(19-20-36)23-27-13-18-37(34-27)28-11-6-5-7-12-28;1-22(36)30-16-13-26(25-14-19-35(32-25)24-9-4-3-5-10-24)33-17-7-18-34(21-20-33)29-27(37-2)12-11-23-8-6-15-31-28(23)29;1-31-24-10-9-22-6-4-13-27-25(22)26(24)30-15-5-14-28(18-19-30)20-21-11-16-29(17-12-21)23-7-2-3-8-23/h5-8,10-13,15,18,22H,9,14,16-17,19-21,23H2,1-4H3;3-6,8-12,14-15,19,26H,7,13,16-18,20-21H2,1-2H3,(H,30,36);4,6,9-10,13,21,23H,2-3,5,7-8,11-12,14-20H2,1H3. The summed E-state index contributed by atoms with van der Waals surface area (Å²) < 4.78 is 21.8. The lowest BCUT2D eigenvalue weighted by molar-refractivity contribution is -0.125. The number of ether oxygens (including phenoxy) is 3. The largest absolute Gasteiger partial charge is 0.494 e. The number of amides is 1. The number of carbonyl (C=O) groups excluding carboxylic acids is 2. The number of rotatable bonds is 22. The number of methoxy groups -OCH3 is 2. The Bertz CT molecular complexity index is 4520. The maximum Gasteiger partial charge on any atom is 0.216 e. The highest BCUT2D eigenvalue weighted by Gasteiger charge is 2.32. The zero-order valence-electron chi connectivity index (χ0n) is 64.2. The van der Waals surface area contributed by atoms with Crippen LogP contribution in [0.5, 0.6) is 17.2 Å². The molecule has 4 aliphatic heterocycles. The summed E-state index contributed by atoms with van der Waals surface area (Å²) in [6.45, 7) is 26.9. The lowest BCUT2D eigenvalue weighted by Crippen LogP contribution is -2.43. The molecule has 1 amide bonds. The number of hydrogen-bond donors (Lipinski definition) is 1. The predicted molar refractivity (Wildman–Crippen MR) is 431 cm³/mol. The summed E-state index contributed by atoms with van der Waals surface area (Å²) in [4.78, 5) is 55.7. The number of anilines is 3. The second-order valence-electron chi connectivity index (χ2n) is 30.3. The van der Waals surface area contributed by atoms with Crippen molar-refractivity contribution < 1.29 is 23.8 Å². The average Bonchev–Trinajstić information content (AvgIpc) is 0.876. The van der Waals surface area contributed by atoms with Gasteiger partial charge in [0.2, 0.25) is 5.91 Å². The minimum absolute atomic E-state index is 0.00819. The van der Waals surface area contributed by atoms with Crippen molar-refractivity contribution in [3.8, 4) is 28.6 Å². The summed E-state index contributed by atoms with van der Waals surface area (Å²) >= 11 is 0. The fourth-order valence-electron chi connectivity index (χ4n) is 16.4. The van der Waals surface area contributed by atoms with Gasteiger partial charge in [-0.1, -0.05) is 81.3 Å². The molecule has 5 aromatic heterocycles. The van der Waals surface area contributed by atoms with Crippen LogP contribution in [0.4, 0.5) is 17.1 Å². The second-order valence-corrected chi connectivity index (χ2v) is 30.3. The van der Waals surface area contributed by atoms with Gasteiger partial charge in [-0.3, -0.25) is 34.3 Å². The number of aryl methyl sites for hydroxylation is 1. The van der Waals surface area contributed by atoms with Gasteiger partial charge in [0.15, 0.2) is 0 Å². The van der Waals surface area contributed by atoms with Gasteiger partial charge in [-0.2, -0.15) is 10.2 Å². The van der Waals surface area contributed by atoms with E-state index in [1.165, 1.54) is 82.2 Å². The average molecular weight is 1450 g/mol. The van der Waals surface area contributed by atoms with Gasteiger partial charge in [-0.15, -0.1) is 0 Å². The highest BCUT2D eigenvalue weighted by molar-refractivity contribution is 5.97. The van der Waals surface area contributed by atoms with E-state index < -0.39 is 5.41 Å². The van der Waals surface area contributed by atoms with E-state index in [1.807, 2.05) is 115 Å². The van der Waals surface area contributed by atoms with Crippen LogP contribution in [0.1, 0.15) is 121 Å². The molecule has 1 N–H and O–H groups in total. The van der Waals surface area contributed by atoms with E-state index in [0.29, 0.717) is 19.6 Å². The molecule has 564 valence electrons. The van der Waals surface area contributed by atoms with Crippen LogP contribution in [0, 0.1) is 18.3 Å². The molecule has 1 unspecified atom stereocenters. The minimum atomic E-state index is -0.403. The molecule has 0 spiro atoms. The molecule has 1 saturated carbocycles. The third-order valence-electron chi connectivity index (χ3n) is 22.7. The number of carbonyl (C=O) groups is 2. The van der Waals surface area contributed by atoms with Crippen LogP contribution in [-0.4, -0.2) is 197 Å². The van der Waals surface area contributed by atoms with Crippen LogP contribution >= 0.6 is 0 Å². The quantitative estimate of drug-likeness (QED) is 0.0679. The first-order valence-corrected chi connectivity index (χ1v) is 39.3. The highest BCUT2D eigenvalue weighted by Crippen LogP contribution is 2.42. The number of piperidine rings is 1. The van der Waals surface area contributed by atoms with Crippen molar-refractivity contribution in [1.29, 1.82) is 0 Å². The molecule has 9 heterocycles. The van der Waals surface area contributed by atoms with Crippen molar-refractivity contribution in [3.63, 3.8) is 0 Å². The van der Waals surface area contributed by atoms with Gasteiger partial charge in [0.25, 0.3) is 0 Å². The molecule has 1 aliphatic carbocycles. The number of pyridine rings is 3. The van der Waals surface area contributed by atoms with Crippen molar-refractivity contribution in [2.75, 3.05) is 140 Å². The smallest absolute Gasteiger partial charge is 0.216 e. The van der Waals surface area contributed by atoms with Crippen molar-refractivity contribution >= 4 is 61.5 Å². The van der Waals surface area contributed by atoms with Gasteiger partial charge >= 0.3 is 0 Å². The molecule has 5 aromatic carbocycles. The third kappa shape index (κ3) is 19.1. The normalized spacial score (nSPS) is 17.4. The number of hydrogen-bond acceptors (Lipinski definition) is 17. The molecular formula is C87H111N15O5. The van der Waals surface area contributed by atoms with Crippen LogP contribution in [0.3, 0.4) is 0 Å². The number of aromatic nitrogens is 7. The maximum atomic E-state index is 12.1. The summed E-state index contributed by atoms with van der Waals surface area (Å²) in [6, 6.07) is 48.4. The van der Waals surface area contributed by atoms with Crippen molar-refractivity contribution in [3.05, 3.63) is 187 Å². The topological polar surface area (TPSA) is 171 Å². The molecule has 4 saturated heterocycles. The lowest BCUT2D eigenvalue weighted by atomic mass is 9.86. The van der Waals surface area contributed by atoms with Gasteiger partial charge in [0.1, 0.15) is 40.1 Å². The first-order chi connectivity index (χ1) is 52.3. The number of benzene rings is 5. The van der Waals surface area contributed by atoms with E-state index in [-0.39, 0.29) is 17.7 Å². The van der Waals surface area contributed by atoms with E-state index in [1.54, 1.807) is 28.1 Å². The Morgan fingerprint density at radius 1 is 0.542 bits per heavy atom. The molecule has 15 rings (SSSR count). The number of nitrogens with one attached hydrogen (secondary N) is 1. The summed E-state index contributed by atoms with van der Waals surface area (Å²) in [5, 5.41) is 16.2. The first-order valence-electron chi connectivity index (χ1n) is 39.3. The molecule has 5 aliphatic rings. The van der Waals surface area contributed by atoms with E-state index in [4.69, 9.17) is 39.4 Å². The van der Waals surface area contributed by atoms with E-state index in [2.05, 4.69) is 125 Å². The van der Waals surface area contributed by atoms with Gasteiger partial charge < -0.3 is 44.0 Å². The van der Waals surface area contributed by atoms with Crippen LogP contribution in [0.2, 0.25) is 0 Å². The Balaban J connectivity index is 0.000000143. The SMILES string of the molecule is CC(=O)C(C)(C)CCOc1c(C)cc2cccnc2c1N1CCCN(Cc2ccn(-c3ccccc3)n2)CC1.COc1ccc2cccnc2c1N1CCCN(C(CCNC(C)=O)c2ccn(-c3ccccc3)n2)CC1.COc1ccc2cccnc2c1N1CCCN(CC2CCN(C3CCCC3)CC2)CC1. The van der Waals surface area contributed by atoms with Gasteiger partial charge in [0.05, 0.1) is 66.2 Å². The van der Waals surface area contributed by atoms with Gasteiger partial charge in [0, 0.05) is 157 Å². The van der Waals surface area contributed by atoms with Crippen LogP contribution < -0.4 is 34.2 Å². The Morgan fingerprint density at radius 3 is 1.68 bits per heavy atom. The number of ketones is 1. The summed E-state index contributed by atoms with van der Waals surface area (Å²) in [7, 11) is 3.49. The van der Waals surface area contributed by atoms with Crippen LogP contribution in [0.25, 0.3) is 44.1 Å². The predicted octanol–water partition coefficient (Wildman–Crippen LogP) is 14.4. The monoisotopic (exact) mass is 1450 g/mol. The molecular weight excluding hydrogens is 1340 g/mol. The number of Topliss-reactive ketones (excluding diaryl/α,β-unsaturated/α-hetero) is 1. The first kappa shape index (κ1) is 75.8. The maximum absolute atomic E-state index is 12.1.